The lowest BCUT2D eigenvalue weighted by molar-refractivity contribution is -0.385. The quantitative estimate of drug-likeness (QED) is 0.615. The topological polar surface area (TPSA) is 61.6 Å². The van der Waals surface area contributed by atoms with Crippen LogP contribution < -0.4 is 0 Å². The number of rotatable bonds is 4. The second kappa shape index (κ2) is 6.65. The minimum absolute atomic E-state index is 0.0693. The smallest absolute Gasteiger partial charge is 0.283 e. The van der Waals surface area contributed by atoms with E-state index in [9.17, 15) is 10.1 Å². The molecule has 2 atom stereocenters. The molecule has 0 bridgehead atoms. The molecule has 1 aromatic rings. The Morgan fingerprint density at radius 1 is 1.40 bits per heavy atom. The summed E-state index contributed by atoms with van der Waals surface area (Å²) < 4.78 is 12.1. The van der Waals surface area contributed by atoms with Crippen molar-refractivity contribution < 1.29 is 14.4 Å². The molecule has 0 aliphatic carbocycles. The first-order valence-corrected chi connectivity index (χ1v) is 7.45. The first-order valence-electron chi connectivity index (χ1n) is 6.66. The fraction of sp³-hybridized carbons (Fsp3) is 0.571. The third-order valence-electron chi connectivity index (χ3n) is 3.38. The molecule has 2 rings (SSSR count). The summed E-state index contributed by atoms with van der Waals surface area (Å²) in [7, 11) is 0. The molecule has 0 spiro atoms. The Labute approximate surface area is 126 Å². The largest absolute Gasteiger partial charge is 0.375 e. The van der Waals surface area contributed by atoms with Crippen molar-refractivity contribution in [3.63, 3.8) is 0 Å². The van der Waals surface area contributed by atoms with Gasteiger partial charge in [-0.1, -0.05) is 12.1 Å². The second-order valence-electron chi connectivity index (χ2n) is 5.17. The van der Waals surface area contributed by atoms with E-state index in [2.05, 4.69) is 15.9 Å². The van der Waals surface area contributed by atoms with E-state index in [1.165, 1.54) is 6.07 Å². The highest BCUT2D eigenvalue weighted by molar-refractivity contribution is 9.10. The monoisotopic (exact) mass is 343 g/mol. The van der Waals surface area contributed by atoms with Crippen molar-refractivity contribution in [2.45, 2.75) is 51.6 Å². The van der Waals surface area contributed by atoms with Gasteiger partial charge in [0.2, 0.25) is 0 Å². The summed E-state index contributed by atoms with van der Waals surface area (Å²) in [6.07, 6.45) is 2.24. The zero-order chi connectivity index (χ0) is 14.7. The molecule has 5 nitrogen and oxygen atoms in total. The molecule has 1 aromatic carbocycles. The summed E-state index contributed by atoms with van der Waals surface area (Å²) in [5, 5.41) is 10.9. The molecular weight excluding hydrogens is 326 g/mol. The minimum atomic E-state index is -0.397. The molecule has 1 fully saturated rings. The van der Waals surface area contributed by atoms with Crippen LogP contribution in [-0.2, 0) is 16.1 Å². The molecule has 0 radical (unpaired) electrons. The van der Waals surface area contributed by atoms with E-state index in [0.717, 1.165) is 18.4 Å². The molecule has 1 heterocycles. The normalized spacial score (nSPS) is 26.4. The van der Waals surface area contributed by atoms with E-state index < -0.39 is 4.92 Å². The highest BCUT2D eigenvalue weighted by Crippen LogP contribution is 2.30. The minimum Gasteiger partial charge on any atom is -0.375 e. The van der Waals surface area contributed by atoms with Crippen LogP contribution in [0.25, 0.3) is 0 Å². The lowest BCUT2D eigenvalue weighted by atomic mass is 10.0. The average molecular weight is 344 g/mol. The van der Waals surface area contributed by atoms with Crippen LogP contribution in [0.15, 0.2) is 22.7 Å². The van der Waals surface area contributed by atoms with Gasteiger partial charge < -0.3 is 9.47 Å². The Kier molecular flexibility index (Phi) is 5.12. The maximum atomic E-state index is 10.9. The van der Waals surface area contributed by atoms with E-state index in [0.29, 0.717) is 11.1 Å². The highest BCUT2D eigenvalue weighted by Gasteiger charge is 2.25. The summed E-state index contributed by atoms with van der Waals surface area (Å²) >= 11 is 3.28. The average Bonchev–Trinajstić information content (AvgIpc) is 2.36. The van der Waals surface area contributed by atoms with Crippen LogP contribution in [0, 0.1) is 10.1 Å². The lowest BCUT2D eigenvalue weighted by Gasteiger charge is -2.32. The van der Waals surface area contributed by atoms with Crippen LogP contribution >= 0.6 is 15.9 Å². The van der Waals surface area contributed by atoms with Gasteiger partial charge in [-0.05, 0) is 48.2 Å². The molecule has 0 N–H and O–H groups in total. The molecule has 110 valence electrons. The van der Waals surface area contributed by atoms with Crippen LogP contribution in [0.4, 0.5) is 5.69 Å². The van der Waals surface area contributed by atoms with Crippen LogP contribution in [0.2, 0.25) is 0 Å². The van der Waals surface area contributed by atoms with Gasteiger partial charge >= 0.3 is 0 Å². The van der Waals surface area contributed by atoms with Gasteiger partial charge in [0.15, 0.2) is 0 Å². The molecule has 1 aliphatic rings. The molecule has 2 unspecified atom stereocenters. The van der Waals surface area contributed by atoms with Gasteiger partial charge in [0.1, 0.15) is 4.47 Å². The summed E-state index contributed by atoms with van der Waals surface area (Å²) in [6, 6.07) is 4.99. The fourth-order valence-electron chi connectivity index (χ4n) is 2.51. The van der Waals surface area contributed by atoms with Crippen LogP contribution in [0.3, 0.4) is 0 Å². The Hall–Kier alpha value is -0.980. The van der Waals surface area contributed by atoms with Gasteiger partial charge in [-0.25, -0.2) is 0 Å². The van der Waals surface area contributed by atoms with Crippen LogP contribution in [0.1, 0.15) is 32.3 Å². The van der Waals surface area contributed by atoms with Crippen molar-refractivity contribution in [1.29, 1.82) is 0 Å². The molecule has 0 aromatic heterocycles. The van der Waals surface area contributed by atoms with E-state index in [1.54, 1.807) is 6.07 Å². The number of nitro groups is 1. The molecule has 0 saturated carbocycles. The summed E-state index contributed by atoms with van der Waals surface area (Å²) in [5.41, 5.74) is 0.866. The van der Waals surface area contributed by atoms with E-state index >= 15 is 0 Å². The number of benzene rings is 1. The van der Waals surface area contributed by atoms with Gasteiger partial charge in [-0.15, -0.1) is 0 Å². The lowest BCUT2D eigenvalue weighted by Crippen LogP contribution is -2.34. The van der Waals surface area contributed by atoms with Gasteiger partial charge in [-0.2, -0.15) is 0 Å². The maximum absolute atomic E-state index is 10.9. The van der Waals surface area contributed by atoms with E-state index in [4.69, 9.17) is 9.47 Å². The Morgan fingerprint density at radius 2 is 2.05 bits per heavy atom. The maximum Gasteiger partial charge on any atom is 0.283 e. The van der Waals surface area contributed by atoms with Crippen molar-refractivity contribution in [1.82, 2.24) is 0 Å². The fourth-order valence-corrected chi connectivity index (χ4v) is 3.03. The van der Waals surface area contributed by atoms with Crippen molar-refractivity contribution in [2.75, 3.05) is 0 Å². The molecule has 1 saturated heterocycles. The Bertz CT molecular complexity index is 484. The van der Waals surface area contributed by atoms with Crippen molar-refractivity contribution in [3.8, 4) is 0 Å². The van der Waals surface area contributed by atoms with Crippen molar-refractivity contribution in [2.24, 2.45) is 0 Å². The predicted octanol–water partition coefficient (Wildman–Crippen LogP) is 3.83. The summed E-state index contributed by atoms with van der Waals surface area (Å²) in [5.74, 6) is 0. The number of ether oxygens (including phenoxy) is 2. The first kappa shape index (κ1) is 15.4. The standard InChI is InChI=1S/C14H18BrNO4/c1-9-6-12(7-10(2)20-9)19-8-11-4-3-5-13(14(11)15)16(17)18/h3-5,9-10,12H,6-8H2,1-2H3. The zero-order valence-electron chi connectivity index (χ0n) is 11.5. The van der Waals surface area contributed by atoms with Gasteiger partial charge in [0.05, 0.1) is 29.8 Å². The summed E-state index contributed by atoms with van der Waals surface area (Å²) in [6.45, 7) is 4.44. The van der Waals surface area contributed by atoms with E-state index in [1.807, 2.05) is 19.9 Å². The number of hydrogen-bond donors (Lipinski definition) is 0. The number of halogens is 1. The highest BCUT2D eigenvalue weighted by atomic mass is 79.9. The number of nitrogens with zero attached hydrogens (tertiary/aromatic N) is 1. The molecule has 20 heavy (non-hydrogen) atoms. The summed E-state index contributed by atoms with van der Waals surface area (Å²) in [4.78, 5) is 10.5. The Morgan fingerprint density at radius 3 is 2.65 bits per heavy atom. The molecule has 0 amide bonds. The van der Waals surface area contributed by atoms with Crippen molar-refractivity contribution >= 4 is 21.6 Å². The van der Waals surface area contributed by atoms with Gasteiger partial charge in [0.25, 0.3) is 5.69 Å². The third kappa shape index (κ3) is 3.77. The molecule has 1 aliphatic heterocycles. The predicted molar refractivity (Wildman–Crippen MR) is 78.6 cm³/mol. The molecular formula is C14H18BrNO4. The Balaban J connectivity index is 2.00. The van der Waals surface area contributed by atoms with Crippen LogP contribution in [0.5, 0.6) is 0 Å². The zero-order valence-corrected chi connectivity index (χ0v) is 13.1. The van der Waals surface area contributed by atoms with E-state index in [-0.39, 0.29) is 24.0 Å². The van der Waals surface area contributed by atoms with Crippen LogP contribution in [-0.4, -0.2) is 23.2 Å². The van der Waals surface area contributed by atoms with Crippen molar-refractivity contribution in [3.05, 3.63) is 38.3 Å². The third-order valence-corrected chi connectivity index (χ3v) is 4.30. The first-order chi connectivity index (χ1) is 9.47. The van der Waals surface area contributed by atoms with Gasteiger partial charge in [0, 0.05) is 6.07 Å². The SMILES string of the molecule is CC1CC(OCc2cccc([N+](=O)[O-])c2Br)CC(C)O1. The number of hydrogen-bond acceptors (Lipinski definition) is 4. The number of nitro benzene ring substituents is 1. The van der Waals surface area contributed by atoms with Gasteiger partial charge in [-0.3, -0.25) is 10.1 Å². The molecule has 6 heteroatoms. The second-order valence-corrected chi connectivity index (χ2v) is 5.96.